The van der Waals surface area contributed by atoms with E-state index in [1.54, 1.807) is 19.2 Å². The largest absolute Gasteiger partial charge is 0.387 e. The highest BCUT2D eigenvalue weighted by molar-refractivity contribution is 7.80. The molecule has 0 fully saturated rings. The van der Waals surface area contributed by atoms with Gasteiger partial charge in [0.15, 0.2) is 0 Å². The first-order valence-corrected chi connectivity index (χ1v) is 3.95. The summed E-state index contributed by atoms with van der Waals surface area (Å²) >= 11 is 4.17. The molecule has 0 unspecified atom stereocenters. The maximum absolute atomic E-state index is 7.26. The molecule has 0 atom stereocenters. The fraction of sp³-hybridized carbons (Fsp3) is 0.125. The summed E-state index contributed by atoms with van der Waals surface area (Å²) in [5, 5.41) is 10.2. The zero-order valence-electron chi connectivity index (χ0n) is 6.76. The van der Waals surface area contributed by atoms with E-state index < -0.39 is 0 Å². The third-order valence-electron chi connectivity index (χ3n) is 1.56. The van der Waals surface area contributed by atoms with E-state index in [0.29, 0.717) is 5.56 Å². The van der Waals surface area contributed by atoms with Crippen molar-refractivity contribution < 1.29 is 0 Å². The van der Waals surface area contributed by atoms with Gasteiger partial charge >= 0.3 is 0 Å². The number of hydrogen-bond donors (Lipinski definition) is 4. The van der Waals surface area contributed by atoms with Crippen molar-refractivity contribution in [1.29, 1.82) is 5.41 Å². The summed E-state index contributed by atoms with van der Waals surface area (Å²) in [5.41, 5.74) is 6.89. The van der Waals surface area contributed by atoms with Crippen LogP contribution in [0.3, 0.4) is 0 Å². The molecule has 1 aromatic carbocycles. The lowest BCUT2D eigenvalue weighted by Crippen LogP contribution is -2.13. The molecule has 0 aliphatic carbocycles. The van der Waals surface area contributed by atoms with Gasteiger partial charge in [0, 0.05) is 23.2 Å². The Bertz CT molecular complexity index is 309. The fourth-order valence-electron chi connectivity index (χ4n) is 0.974. The van der Waals surface area contributed by atoms with Gasteiger partial charge in [-0.1, -0.05) is 0 Å². The molecule has 3 nitrogen and oxygen atoms in total. The van der Waals surface area contributed by atoms with Gasteiger partial charge < -0.3 is 11.1 Å². The van der Waals surface area contributed by atoms with Gasteiger partial charge in [-0.25, -0.2) is 0 Å². The highest BCUT2D eigenvalue weighted by Gasteiger charge is 2.02. The van der Waals surface area contributed by atoms with Crippen molar-refractivity contribution in [3.8, 4) is 0 Å². The van der Waals surface area contributed by atoms with Crippen molar-refractivity contribution in [1.82, 2.24) is 0 Å². The molecule has 1 aromatic rings. The van der Waals surface area contributed by atoms with Crippen molar-refractivity contribution >= 4 is 24.2 Å². The Labute approximate surface area is 76.9 Å². The summed E-state index contributed by atoms with van der Waals surface area (Å²) in [7, 11) is 1.79. The van der Waals surface area contributed by atoms with Crippen LogP contribution in [0.5, 0.6) is 0 Å². The molecule has 0 radical (unpaired) electrons. The monoisotopic (exact) mass is 181 g/mol. The highest BCUT2D eigenvalue weighted by Crippen LogP contribution is 2.18. The van der Waals surface area contributed by atoms with E-state index >= 15 is 0 Å². The first-order chi connectivity index (χ1) is 5.65. The van der Waals surface area contributed by atoms with Crippen molar-refractivity contribution in [2.75, 3.05) is 12.4 Å². The normalized spacial score (nSPS) is 9.50. The van der Waals surface area contributed by atoms with Crippen LogP contribution in [0.1, 0.15) is 5.56 Å². The number of nitrogens with two attached hydrogens (primary N) is 1. The molecule has 0 aliphatic rings. The number of nitrogen functional groups attached to an aromatic ring is 1. The summed E-state index contributed by atoms with van der Waals surface area (Å²) in [6.07, 6.45) is 0. The molecule has 64 valence electrons. The van der Waals surface area contributed by atoms with Gasteiger partial charge in [0.2, 0.25) is 0 Å². The van der Waals surface area contributed by atoms with Crippen molar-refractivity contribution in [3.63, 3.8) is 0 Å². The molecule has 0 aliphatic heterocycles. The molecule has 12 heavy (non-hydrogen) atoms. The van der Waals surface area contributed by atoms with Crippen LogP contribution in [0.4, 0.5) is 5.69 Å². The molecule has 0 amide bonds. The highest BCUT2D eigenvalue weighted by atomic mass is 32.1. The Morgan fingerprint density at radius 1 is 1.58 bits per heavy atom. The predicted molar refractivity (Wildman–Crippen MR) is 54.3 cm³/mol. The first-order valence-electron chi connectivity index (χ1n) is 3.50. The second-order valence-electron chi connectivity index (χ2n) is 2.39. The van der Waals surface area contributed by atoms with Gasteiger partial charge in [0.05, 0.1) is 0 Å². The molecule has 4 N–H and O–H groups in total. The Morgan fingerprint density at radius 3 is 2.75 bits per heavy atom. The number of nitrogens with one attached hydrogen (secondary N) is 2. The third kappa shape index (κ3) is 1.71. The Morgan fingerprint density at radius 2 is 2.25 bits per heavy atom. The number of thiol groups is 1. The van der Waals surface area contributed by atoms with E-state index in [0.717, 1.165) is 10.6 Å². The van der Waals surface area contributed by atoms with E-state index in [1.165, 1.54) is 0 Å². The van der Waals surface area contributed by atoms with E-state index in [1.807, 2.05) is 6.07 Å². The lowest BCUT2D eigenvalue weighted by Gasteiger charge is -2.07. The molecule has 0 spiro atoms. The molecule has 0 heterocycles. The number of hydrogen-bond acceptors (Lipinski definition) is 3. The number of rotatable bonds is 2. The van der Waals surface area contributed by atoms with Gasteiger partial charge in [0.1, 0.15) is 5.84 Å². The number of anilines is 1. The topological polar surface area (TPSA) is 61.9 Å². The molecule has 0 saturated carbocycles. The van der Waals surface area contributed by atoms with Gasteiger partial charge in [-0.15, -0.1) is 12.6 Å². The first kappa shape index (κ1) is 8.93. The summed E-state index contributed by atoms with van der Waals surface area (Å²) in [6.45, 7) is 0. The molecular formula is C8H11N3S. The van der Waals surface area contributed by atoms with Crippen LogP contribution < -0.4 is 11.1 Å². The van der Waals surface area contributed by atoms with Crippen LogP contribution in [0.2, 0.25) is 0 Å². The van der Waals surface area contributed by atoms with Crippen LogP contribution in [0, 0.1) is 5.41 Å². The Kier molecular flexibility index (Phi) is 2.60. The lowest BCUT2D eigenvalue weighted by atomic mass is 10.1. The van der Waals surface area contributed by atoms with Crippen molar-refractivity contribution in [2.45, 2.75) is 4.90 Å². The average Bonchev–Trinajstić information content (AvgIpc) is 2.03. The summed E-state index contributed by atoms with van der Waals surface area (Å²) in [5.74, 6) is 0.0627. The van der Waals surface area contributed by atoms with Gasteiger partial charge in [-0.2, -0.15) is 0 Å². The standard InChI is InChI=1S/C8H11N3S/c1-11-7-4-5(12)2-3-6(7)8(9)10/h2-4,11-12H,1H3,(H3,9,10). The molecule has 0 aromatic heterocycles. The summed E-state index contributed by atoms with van der Waals surface area (Å²) in [6, 6.07) is 5.41. The SMILES string of the molecule is CNc1cc(S)ccc1C(=N)N. The van der Waals surface area contributed by atoms with Crippen LogP contribution in [-0.4, -0.2) is 12.9 Å². The van der Waals surface area contributed by atoms with E-state index in [2.05, 4.69) is 17.9 Å². The summed E-state index contributed by atoms with van der Waals surface area (Å²) in [4.78, 5) is 0.851. The van der Waals surface area contributed by atoms with E-state index in [-0.39, 0.29) is 5.84 Å². The van der Waals surface area contributed by atoms with Crippen LogP contribution in [0.25, 0.3) is 0 Å². The zero-order chi connectivity index (χ0) is 9.14. The van der Waals surface area contributed by atoms with Crippen LogP contribution in [-0.2, 0) is 0 Å². The van der Waals surface area contributed by atoms with Crippen molar-refractivity contribution in [3.05, 3.63) is 23.8 Å². The number of benzene rings is 1. The minimum atomic E-state index is 0.0627. The average molecular weight is 181 g/mol. The Balaban J connectivity index is 3.20. The fourth-order valence-corrected chi connectivity index (χ4v) is 1.18. The van der Waals surface area contributed by atoms with Gasteiger partial charge in [-0.05, 0) is 18.2 Å². The summed E-state index contributed by atoms with van der Waals surface area (Å²) < 4.78 is 0. The molecule has 0 saturated heterocycles. The minimum absolute atomic E-state index is 0.0627. The van der Waals surface area contributed by atoms with Crippen LogP contribution in [0.15, 0.2) is 23.1 Å². The number of amidine groups is 1. The van der Waals surface area contributed by atoms with Crippen LogP contribution >= 0.6 is 12.6 Å². The van der Waals surface area contributed by atoms with E-state index in [4.69, 9.17) is 11.1 Å². The molecule has 4 heteroatoms. The predicted octanol–water partition coefficient (Wildman–Crippen LogP) is 1.30. The lowest BCUT2D eigenvalue weighted by molar-refractivity contribution is 1.36. The smallest absolute Gasteiger partial charge is 0.124 e. The van der Waals surface area contributed by atoms with Gasteiger partial charge in [0.25, 0.3) is 0 Å². The second-order valence-corrected chi connectivity index (χ2v) is 2.91. The van der Waals surface area contributed by atoms with Crippen molar-refractivity contribution in [2.24, 2.45) is 5.73 Å². The maximum atomic E-state index is 7.26. The molecule has 1 rings (SSSR count). The third-order valence-corrected chi connectivity index (χ3v) is 1.84. The second kappa shape index (κ2) is 3.49. The zero-order valence-corrected chi connectivity index (χ0v) is 7.65. The minimum Gasteiger partial charge on any atom is -0.387 e. The van der Waals surface area contributed by atoms with Gasteiger partial charge in [-0.3, -0.25) is 5.41 Å². The Hall–Kier alpha value is -1.16. The quantitative estimate of drug-likeness (QED) is 0.316. The maximum Gasteiger partial charge on any atom is 0.124 e. The molecule has 0 bridgehead atoms. The molecular weight excluding hydrogens is 170 g/mol. The van der Waals surface area contributed by atoms with E-state index in [9.17, 15) is 0 Å².